The fourth-order valence-electron chi connectivity index (χ4n) is 2.46. The number of pyridine rings is 1. The first-order valence-corrected chi connectivity index (χ1v) is 8.42. The van der Waals surface area contributed by atoms with Gasteiger partial charge in [0.2, 0.25) is 5.82 Å². The minimum Gasteiger partial charge on any atom is -0.497 e. The Bertz CT molecular complexity index is 940. The third kappa shape index (κ3) is 3.83. The van der Waals surface area contributed by atoms with E-state index >= 15 is 0 Å². The lowest BCUT2D eigenvalue weighted by atomic mass is 10.2. The summed E-state index contributed by atoms with van der Waals surface area (Å²) in [4.78, 5) is 15.1. The number of benzene rings is 1. The summed E-state index contributed by atoms with van der Waals surface area (Å²) in [5, 5.41) is 18.8. The molecule has 0 saturated carbocycles. The minimum absolute atomic E-state index is 0.0696. The molecule has 133 valence electrons. The summed E-state index contributed by atoms with van der Waals surface area (Å²) in [6, 6.07) is 12.0. The molecule has 3 rings (SSSR count). The zero-order valence-electron chi connectivity index (χ0n) is 14.1. The molecule has 26 heavy (non-hydrogen) atoms. The number of hydrogen-bond donors (Lipinski definition) is 1. The van der Waals surface area contributed by atoms with Crippen LogP contribution in [0, 0.1) is 23.1 Å². The van der Waals surface area contributed by atoms with Crippen LogP contribution in [0.25, 0.3) is 0 Å². The largest absolute Gasteiger partial charge is 0.497 e. The molecule has 0 aliphatic heterocycles. The Morgan fingerprint density at radius 2 is 2.12 bits per heavy atom. The number of halogens is 1. The van der Waals surface area contributed by atoms with Crippen molar-refractivity contribution in [1.29, 1.82) is 0 Å². The molecule has 0 unspecified atom stereocenters. The van der Waals surface area contributed by atoms with E-state index in [0.717, 1.165) is 11.3 Å². The molecule has 1 N–H and O–H groups in total. The van der Waals surface area contributed by atoms with Crippen molar-refractivity contribution in [2.45, 2.75) is 13.5 Å². The van der Waals surface area contributed by atoms with Crippen LogP contribution in [0.3, 0.4) is 0 Å². The van der Waals surface area contributed by atoms with E-state index in [1.54, 1.807) is 24.8 Å². The highest BCUT2D eigenvalue weighted by Crippen LogP contribution is 2.31. The highest BCUT2D eigenvalue weighted by molar-refractivity contribution is 9.10. The van der Waals surface area contributed by atoms with Crippen LogP contribution >= 0.6 is 15.9 Å². The van der Waals surface area contributed by atoms with Crippen LogP contribution in [0.1, 0.15) is 11.3 Å². The molecule has 0 fully saturated rings. The third-order valence-electron chi connectivity index (χ3n) is 3.77. The lowest BCUT2D eigenvalue weighted by molar-refractivity contribution is -0.384. The number of aromatic nitrogens is 3. The molecule has 0 aliphatic carbocycles. The molecule has 2 aromatic heterocycles. The first-order valence-electron chi connectivity index (χ1n) is 7.63. The van der Waals surface area contributed by atoms with Gasteiger partial charge in [-0.1, -0.05) is 12.1 Å². The Kier molecular flexibility index (Phi) is 5.17. The molecule has 0 bridgehead atoms. The molecule has 1 radical (unpaired) electrons. The SMILES string of the molecule is COc1ccc(Cn2nc(Nc3[c]cnc(Br)c3)c([N+](=O)[O-])c2C)cc1. The first kappa shape index (κ1) is 17.9. The molecule has 8 nitrogen and oxygen atoms in total. The Hall–Kier alpha value is -2.94. The van der Waals surface area contributed by atoms with Crippen molar-refractivity contribution in [3.8, 4) is 5.75 Å². The van der Waals surface area contributed by atoms with Gasteiger partial charge in [0, 0.05) is 12.3 Å². The predicted molar refractivity (Wildman–Crippen MR) is 99.8 cm³/mol. The van der Waals surface area contributed by atoms with Crippen LogP contribution in [0.5, 0.6) is 5.75 Å². The van der Waals surface area contributed by atoms with Gasteiger partial charge in [0.25, 0.3) is 0 Å². The van der Waals surface area contributed by atoms with Crippen LogP contribution in [0.4, 0.5) is 17.2 Å². The van der Waals surface area contributed by atoms with E-state index in [-0.39, 0.29) is 11.5 Å². The van der Waals surface area contributed by atoms with Gasteiger partial charge in [0.05, 0.1) is 24.3 Å². The number of nitrogens with zero attached hydrogens (tertiary/aromatic N) is 4. The van der Waals surface area contributed by atoms with Gasteiger partial charge >= 0.3 is 5.69 Å². The van der Waals surface area contributed by atoms with Gasteiger partial charge in [-0.2, -0.15) is 0 Å². The fraction of sp³-hybridized carbons (Fsp3) is 0.176. The Morgan fingerprint density at radius 3 is 2.73 bits per heavy atom. The highest BCUT2D eigenvalue weighted by Gasteiger charge is 2.25. The summed E-state index contributed by atoms with van der Waals surface area (Å²) in [6.07, 6.45) is 1.47. The van der Waals surface area contributed by atoms with Gasteiger partial charge in [-0.05, 0) is 46.6 Å². The molecular weight excluding hydrogens is 402 g/mol. The van der Waals surface area contributed by atoms with E-state index in [4.69, 9.17) is 4.74 Å². The summed E-state index contributed by atoms with van der Waals surface area (Å²) in [5.74, 6) is 0.911. The smallest absolute Gasteiger partial charge is 0.334 e. The van der Waals surface area contributed by atoms with Gasteiger partial charge in [0.15, 0.2) is 0 Å². The summed E-state index contributed by atoms with van der Waals surface area (Å²) in [7, 11) is 1.60. The van der Waals surface area contributed by atoms with Gasteiger partial charge in [-0.25, -0.2) is 4.98 Å². The van der Waals surface area contributed by atoms with Crippen LogP contribution in [-0.4, -0.2) is 26.8 Å². The van der Waals surface area contributed by atoms with E-state index in [1.165, 1.54) is 6.20 Å². The van der Waals surface area contributed by atoms with Crippen molar-refractivity contribution in [3.05, 3.63) is 68.6 Å². The van der Waals surface area contributed by atoms with E-state index in [2.05, 4.69) is 37.4 Å². The van der Waals surface area contributed by atoms with Gasteiger partial charge in [-0.15, -0.1) is 5.10 Å². The highest BCUT2D eigenvalue weighted by atomic mass is 79.9. The molecule has 0 spiro atoms. The summed E-state index contributed by atoms with van der Waals surface area (Å²) in [6.45, 7) is 2.08. The first-order chi connectivity index (χ1) is 12.5. The number of rotatable bonds is 6. The second-order valence-corrected chi connectivity index (χ2v) is 6.27. The molecule has 9 heteroatoms. The normalized spacial score (nSPS) is 10.6. The quantitative estimate of drug-likeness (QED) is 0.372. The Balaban J connectivity index is 1.92. The molecule has 0 saturated heterocycles. The topological polar surface area (TPSA) is 95.1 Å². The van der Waals surface area contributed by atoms with E-state index < -0.39 is 4.92 Å². The zero-order valence-corrected chi connectivity index (χ0v) is 15.6. The number of hydrogen-bond acceptors (Lipinski definition) is 6. The average Bonchev–Trinajstić information content (AvgIpc) is 2.91. The average molecular weight is 417 g/mol. The number of methoxy groups -OCH3 is 1. The Labute approximate surface area is 158 Å². The monoisotopic (exact) mass is 416 g/mol. The van der Waals surface area contributed by atoms with Crippen molar-refractivity contribution in [2.75, 3.05) is 12.4 Å². The van der Waals surface area contributed by atoms with Crippen LogP contribution in [0.2, 0.25) is 0 Å². The molecule has 1 aromatic carbocycles. The maximum absolute atomic E-state index is 11.5. The molecular formula is C17H15BrN5O3. The second kappa shape index (κ2) is 7.52. The van der Waals surface area contributed by atoms with E-state index in [9.17, 15) is 10.1 Å². The van der Waals surface area contributed by atoms with Crippen LogP contribution in [0.15, 0.2) is 41.1 Å². The van der Waals surface area contributed by atoms with Crippen molar-refractivity contribution in [2.24, 2.45) is 0 Å². The van der Waals surface area contributed by atoms with Crippen molar-refractivity contribution in [3.63, 3.8) is 0 Å². The van der Waals surface area contributed by atoms with Crippen molar-refractivity contribution in [1.82, 2.24) is 14.8 Å². The van der Waals surface area contributed by atoms with Gasteiger partial charge in [0.1, 0.15) is 16.0 Å². The fourth-order valence-corrected chi connectivity index (χ4v) is 2.79. The second-order valence-electron chi connectivity index (χ2n) is 5.45. The van der Waals surface area contributed by atoms with Crippen molar-refractivity contribution < 1.29 is 9.66 Å². The standard InChI is InChI=1S/C17H15BrN5O3/c1-11-16(23(24)25)17(20-13-7-8-19-15(18)9-13)21-22(11)10-12-3-5-14(26-2)6-4-12/h3-6,8-9H,10H2,1-2H3,(H,19,20,21). The number of ether oxygens (including phenoxy) is 1. The van der Waals surface area contributed by atoms with Crippen LogP contribution in [-0.2, 0) is 6.54 Å². The molecule has 3 aromatic rings. The van der Waals surface area contributed by atoms with Crippen LogP contribution < -0.4 is 10.1 Å². The summed E-state index contributed by atoms with van der Waals surface area (Å²) in [5.41, 5.74) is 1.88. The van der Waals surface area contributed by atoms with E-state index in [0.29, 0.717) is 22.5 Å². The zero-order chi connectivity index (χ0) is 18.7. The molecule has 0 aliphatic rings. The number of anilines is 2. The minimum atomic E-state index is -0.439. The lowest BCUT2D eigenvalue weighted by Crippen LogP contribution is -2.04. The predicted octanol–water partition coefficient (Wildman–Crippen LogP) is 3.86. The third-order valence-corrected chi connectivity index (χ3v) is 4.21. The van der Waals surface area contributed by atoms with Gasteiger partial charge in [-0.3, -0.25) is 14.8 Å². The maximum Gasteiger partial charge on any atom is 0.334 e. The Morgan fingerprint density at radius 1 is 1.38 bits per heavy atom. The molecule has 0 atom stereocenters. The lowest BCUT2D eigenvalue weighted by Gasteiger charge is -2.05. The molecule has 0 amide bonds. The summed E-state index contributed by atoms with van der Waals surface area (Å²) >= 11 is 3.26. The van der Waals surface area contributed by atoms with Crippen molar-refractivity contribution >= 4 is 33.1 Å². The van der Waals surface area contributed by atoms with E-state index in [1.807, 2.05) is 24.3 Å². The van der Waals surface area contributed by atoms with Gasteiger partial charge < -0.3 is 10.1 Å². The maximum atomic E-state index is 11.5. The number of nitro groups is 1. The summed E-state index contributed by atoms with van der Waals surface area (Å²) < 4.78 is 7.33. The molecule has 2 heterocycles. The number of nitrogens with one attached hydrogen (secondary N) is 1.